The van der Waals surface area contributed by atoms with E-state index in [-0.39, 0.29) is 29.2 Å². The summed E-state index contributed by atoms with van der Waals surface area (Å²) in [6.07, 6.45) is 11.2. The van der Waals surface area contributed by atoms with E-state index >= 15 is 0 Å². The van der Waals surface area contributed by atoms with Crippen LogP contribution < -0.4 is 0 Å². The monoisotopic (exact) mass is 402 g/mol. The Morgan fingerprint density at radius 3 is 2.59 bits per heavy atom. The van der Waals surface area contributed by atoms with Gasteiger partial charge >= 0.3 is 5.97 Å². The zero-order valence-corrected chi connectivity index (χ0v) is 18.3. The topological polar surface area (TPSA) is 61.8 Å². The summed E-state index contributed by atoms with van der Waals surface area (Å²) in [7, 11) is 0. The number of fused-ring (bicyclic) bond motifs is 5. The summed E-state index contributed by atoms with van der Waals surface area (Å²) in [6.45, 7) is 9.74. The number of hydrogen-bond acceptors (Lipinski definition) is 5. The Labute approximate surface area is 173 Å². The summed E-state index contributed by atoms with van der Waals surface area (Å²) in [6, 6.07) is 0. The van der Waals surface area contributed by atoms with Crippen molar-refractivity contribution in [2.45, 2.75) is 90.4 Å². The molecule has 4 rings (SSSR count). The van der Waals surface area contributed by atoms with Crippen LogP contribution in [0.25, 0.3) is 0 Å². The van der Waals surface area contributed by atoms with Gasteiger partial charge in [0, 0.05) is 18.3 Å². The second kappa shape index (κ2) is 7.05. The molecule has 160 valence electrons. The van der Waals surface area contributed by atoms with Crippen molar-refractivity contribution in [1.29, 1.82) is 0 Å². The molecule has 0 spiro atoms. The van der Waals surface area contributed by atoms with Crippen LogP contribution in [0.15, 0.2) is 23.8 Å². The van der Waals surface area contributed by atoms with E-state index in [1.807, 2.05) is 26.8 Å². The van der Waals surface area contributed by atoms with Gasteiger partial charge in [-0.3, -0.25) is 9.59 Å². The van der Waals surface area contributed by atoms with E-state index in [9.17, 15) is 9.59 Å². The molecule has 4 aliphatic carbocycles. The number of hydrogen-bond donors (Lipinski definition) is 0. The van der Waals surface area contributed by atoms with E-state index in [1.165, 1.54) is 6.92 Å². The van der Waals surface area contributed by atoms with Gasteiger partial charge in [-0.25, -0.2) is 9.78 Å². The predicted octanol–water partition coefficient (Wildman–Crippen LogP) is 4.71. The predicted molar refractivity (Wildman–Crippen MR) is 109 cm³/mol. The lowest BCUT2D eigenvalue weighted by Crippen LogP contribution is -2.56. The molecule has 0 amide bonds. The van der Waals surface area contributed by atoms with E-state index in [0.717, 1.165) is 44.1 Å². The van der Waals surface area contributed by atoms with Crippen LogP contribution in [-0.4, -0.2) is 29.1 Å². The molecule has 0 radical (unpaired) electrons. The minimum atomic E-state index is -0.662. The smallest absolute Gasteiger partial charge is 0.302 e. The van der Waals surface area contributed by atoms with Crippen molar-refractivity contribution in [2.24, 2.45) is 23.2 Å². The Balaban J connectivity index is 1.65. The number of ketones is 1. The molecular formula is C24H34O5. The summed E-state index contributed by atoms with van der Waals surface area (Å²) in [5.41, 5.74) is -0.0214. The van der Waals surface area contributed by atoms with Crippen LogP contribution in [0.1, 0.15) is 73.1 Å². The van der Waals surface area contributed by atoms with Crippen molar-refractivity contribution < 1.29 is 24.1 Å². The van der Waals surface area contributed by atoms with Crippen molar-refractivity contribution in [3.05, 3.63) is 23.8 Å². The standard InChI is InChI=1S/C24H34O5/c1-15(25)27-21-9-8-19-18-7-6-16-14-17(26)10-13-24(16,29-28-22(2,3)4)20(18)11-12-23(19,21)5/h10,13-14,18-21H,6-9,11-12H2,1-5H3/t18-,19-,20-,21-,23-,24+/m0/s1. The van der Waals surface area contributed by atoms with Gasteiger partial charge in [0.2, 0.25) is 0 Å². The number of ether oxygens (including phenoxy) is 1. The lowest BCUT2D eigenvalue weighted by atomic mass is 9.51. The zero-order valence-electron chi connectivity index (χ0n) is 18.3. The van der Waals surface area contributed by atoms with Gasteiger partial charge in [-0.1, -0.05) is 6.92 Å². The summed E-state index contributed by atoms with van der Waals surface area (Å²) in [5, 5.41) is 0. The molecule has 0 aromatic carbocycles. The Kier molecular flexibility index (Phi) is 5.06. The van der Waals surface area contributed by atoms with Gasteiger partial charge in [-0.05, 0) is 94.9 Å². The number of esters is 1. The fourth-order valence-electron chi connectivity index (χ4n) is 6.50. The van der Waals surface area contributed by atoms with E-state index in [4.69, 9.17) is 14.5 Å². The Morgan fingerprint density at radius 2 is 1.90 bits per heavy atom. The van der Waals surface area contributed by atoms with Crippen LogP contribution in [0.2, 0.25) is 0 Å². The Morgan fingerprint density at radius 1 is 1.14 bits per heavy atom. The molecule has 0 N–H and O–H groups in total. The first-order valence-corrected chi connectivity index (χ1v) is 11.0. The van der Waals surface area contributed by atoms with Gasteiger partial charge in [0.1, 0.15) is 11.7 Å². The number of carbonyl (C=O) groups is 2. The van der Waals surface area contributed by atoms with E-state index < -0.39 is 11.2 Å². The van der Waals surface area contributed by atoms with Crippen molar-refractivity contribution >= 4 is 11.8 Å². The molecule has 4 aliphatic rings. The normalized spacial score (nSPS) is 41.3. The van der Waals surface area contributed by atoms with E-state index in [0.29, 0.717) is 11.8 Å². The minimum Gasteiger partial charge on any atom is -0.462 e. The van der Waals surface area contributed by atoms with E-state index in [1.54, 1.807) is 12.2 Å². The summed E-state index contributed by atoms with van der Waals surface area (Å²) < 4.78 is 5.74. The summed E-state index contributed by atoms with van der Waals surface area (Å²) in [4.78, 5) is 35.8. The average molecular weight is 403 g/mol. The van der Waals surface area contributed by atoms with Crippen molar-refractivity contribution in [2.75, 3.05) is 0 Å². The Bertz CT molecular complexity index is 760. The first-order valence-electron chi connectivity index (χ1n) is 11.0. The highest BCUT2D eigenvalue weighted by Crippen LogP contribution is 2.63. The molecule has 0 aromatic heterocycles. The van der Waals surface area contributed by atoms with E-state index in [2.05, 4.69) is 6.92 Å². The summed E-state index contributed by atoms with van der Waals surface area (Å²) in [5.74, 6) is 1.08. The van der Waals surface area contributed by atoms with Gasteiger partial charge in [0.25, 0.3) is 0 Å². The second-order valence-corrected chi connectivity index (χ2v) is 10.6. The molecular weight excluding hydrogens is 368 g/mol. The molecule has 0 aromatic rings. The van der Waals surface area contributed by atoms with Gasteiger partial charge in [-0.2, -0.15) is 0 Å². The molecule has 0 saturated heterocycles. The molecule has 0 aliphatic heterocycles. The number of allylic oxidation sites excluding steroid dienone is 2. The molecule has 0 heterocycles. The van der Waals surface area contributed by atoms with Crippen molar-refractivity contribution in [3.63, 3.8) is 0 Å². The van der Waals surface area contributed by atoms with Crippen LogP contribution in [0.3, 0.4) is 0 Å². The molecule has 0 unspecified atom stereocenters. The van der Waals surface area contributed by atoms with Crippen molar-refractivity contribution in [1.82, 2.24) is 0 Å². The molecule has 5 heteroatoms. The van der Waals surface area contributed by atoms with Crippen LogP contribution in [0.5, 0.6) is 0 Å². The largest absolute Gasteiger partial charge is 0.462 e. The van der Waals surface area contributed by atoms with Crippen LogP contribution in [-0.2, 0) is 24.1 Å². The molecule has 5 nitrogen and oxygen atoms in total. The highest BCUT2D eigenvalue weighted by molar-refractivity contribution is 6.01. The van der Waals surface area contributed by atoms with Gasteiger partial charge in [-0.15, -0.1) is 0 Å². The van der Waals surface area contributed by atoms with Crippen LogP contribution in [0, 0.1) is 23.2 Å². The van der Waals surface area contributed by atoms with Gasteiger partial charge < -0.3 is 4.74 Å². The number of rotatable bonds is 3. The maximum atomic E-state index is 12.1. The van der Waals surface area contributed by atoms with Crippen molar-refractivity contribution in [3.8, 4) is 0 Å². The molecule has 6 atom stereocenters. The minimum absolute atomic E-state index is 0.00839. The lowest BCUT2D eigenvalue weighted by molar-refractivity contribution is -0.401. The molecule has 3 fully saturated rings. The lowest BCUT2D eigenvalue weighted by Gasteiger charge is -2.56. The SMILES string of the molecule is CC(=O)O[C@H]1CC[C@H]2[C@@H]3CCC4=CC(=O)C=C[C@]4(OOC(C)(C)C)[C@H]3CC[C@]12C. The van der Waals surface area contributed by atoms with Gasteiger partial charge in [0.05, 0.1) is 5.60 Å². The second-order valence-electron chi connectivity index (χ2n) is 10.6. The highest BCUT2D eigenvalue weighted by atomic mass is 17.2. The maximum Gasteiger partial charge on any atom is 0.302 e. The summed E-state index contributed by atoms with van der Waals surface area (Å²) >= 11 is 0. The maximum absolute atomic E-state index is 12.1. The van der Waals surface area contributed by atoms with Gasteiger partial charge in [0.15, 0.2) is 5.78 Å². The highest BCUT2D eigenvalue weighted by Gasteiger charge is 2.61. The molecule has 0 bridgehead atoms. The third-order valence-electron chi connectivity index (χ3n) is 7.70. The fourth-order valence-corrected chi connectivity index (χ4v) is 6.50. The quantitative estimate of drug-likeness (QED) is 0.389. The third-order valence-corrected chi connectivity index (χ3v) is 7.70. The van der Waals surface area contributed by atoms with Crippen LogP contribution in [0.4, 0.5) is 0 Å². The first-order chi connectivity index (χ1) is 13.6. The third kappa shape index (κ3) is 3.50. The molecule has 29 heavy (non-hydrogen) atoms. The molecule has 3 saturated carbocycles. The van der Waals surface area contributed by atoms with Crippen LogP contribution >= 0.6 is 0 Å². The Hall–Kier alpha value is -1.46. The average Bonchev–Trinajstić information content (AvgIpc) is 2.95. The number of carbonyl (C=O) groups excluding carboxylic acids is 2. The fraction of sp³-hybridized carbons (Fsp3) is 0.750. The zero-order chi connectivity index (χ0) is 21.0. The first kappa shape index (κ1) is 20.8.